The molecule has 0 aliphatic rings. The van der Waals surface area contributed by atoms with E-state index in [-0.39, 0.29) is 17.3 Å². The van der Waals surface area contributed by atoms with Crippen molar-refractivity contribution in [2.75, 3.05) is 5.88 Å². The molecule has 0 aromatic carbocycles. The van der Waals surface area contributed by atoms with E-state index < -0.39 is 22.7 Å². The van der Waals surface area contributed by atoms with Gasteiger partial charge in [-0.05, 0) is 0 Å². The fourth-order valence-corrected chi connectivity index (χ4v) is 2.14. The van der Waals surface area contributed by atoms with Crippen LogP contribution in [0.4, 0.5) is 13.2 Å². The number of primary amides is 1. The molecule has 15 heavy (non-hydrogen) atoms. The number of carbonyl (C=O) groups is 1. The number of thiazole rings is 1. The zero-order valence-electron chi connectivity index (χ0n) is 7.27. The van der Waals surface area contributed by atoms with Gasteiger partial charge in [0.1, 0.15) is 4.88 Å². The molecule has 84 valence electrons. The molecule has 1 aromatic rings. The van der Waals surface area contributed by atoms with Crippen molar-refractivity contribution in [1.82, 2.24) is 4.98 Å². The summed E-state index contributed by atoms with van der Waals surface area (Å²) in [5.41, 5.74) is 3.60. The molecule has 1 heterocycles. The van der Waals surface area contributed by atoms with E-state index in [1.807, 2.05) is 0 Å². The second-order valence-corrected chi connectivity index (χ2v) is 4.05. The van der Waals surface area contributed by atoms with Crippen molar-refractivity contribution in [2.45, 2.75) is 12.6 Å². The zero-order chi connectivity index (χ0) is 11.6. The van der Waals surface area contributed by atoms with E-state index in [1.54, 1.807) is 0 Å². The van der Waals surface area contributed by atoms with Crippen molar-refractivity contribution in [2.24, 2.45) is 5.73 Å². The van der Waals surface area contributed by atoms with E-state index in [0.29, 0.717) is 11.3 Å². The van der Waals surface area contributed by atoms with Gasteiger partial charge in [-0.15, -0.1) is 22.9 Å². The first-order valence-corrected chi connectivity index (χ1v) is 5.14. The maximum absolute atomic E-state index is 12.4. The van der Waals surface area contributed by atoms with Crippen molar-refractivity contribution in [3.63, 3.8) is 0 Å². The van der Waals surface area contributed by atoms with Gasteiger partial charge >= 0.3 is 6.18 Å². The van der Waals surface area contributed by atoms with Crippen molar-refractivity contribution >= 4 is 28.8 Å². The average Bonchev–Trinajstić information content (AvgIpc) is 2.48. The predicted octanol–water partition coefficient (Wildman–Crippen LogP) is 2.04. The summed E-state index contributed by atoms with van der Waals surface area (Å²) in [6.07, 6.45) is -4.48. The minimum absolute atomic E-state index is 0.142. The predicted molar refractivity (Wildman–Crippen MR) is 50.1 cm³/mol. The van der Waals surface area contributed by atoms with Crippen LogP contribution in [-0.4, -0.2) is 16.8 Å². The van der Waals surface area contributed by atoms with E-state index in [2.05, 4.69) is 4.98 Å². The van der Waals surface area contributed by atoms with E-state index in [9.17, 15) is 18.0 Å². The molecule has 3 nitrogen and oxygen atoms in total. The fraction of sp³-hybridized carbons (Fsp3) is 0.429. The molecule has 0 unspecified atom stereocenters. The fourth-order valence-electron chi connectivity index (χ4n) is 0.911. The van der Waals surface area contributed by atoms with Crippen LogP contribution in [0.2, 0.25) is 0 Å². The summed E-state index contributed by atoms with van der Waals surface area (Å²) >= 11 is 5.99. The molecule has 8 heteroatoms. The van der Waals surface area contributed by atoms with Crippen LogP contribution in [0.5, 0.6) is 0 Å². The smallest absolute Gasteiger partial charge is 0.365 e. The summed E-state index contributed by atoms with van der Waals surface area (Å²) in [6, 6.07) is 0. The Balaban J connectivity index is 3.18. The maximum atomic E-state index is 12.4. The van der Waals surface area contributed by atoms with Crippen LogP contribution < -0.4 is 5.73 Å². The second kappa shape index (κ2) is 4.36. The van der Waals surface area contributed by atoms with E-state index in [1.165, 1.54) is 0 Å². The first-order valence-electron chi connectivity index (χ1n) is 3.79. The molecule has 0 radical (unpaired) electrons. The van der Waals surface area contributed by atoms with Gasteiger partial charge < -0.3 is 5.73 Å². The third kappa shape index (κ3) is 2.82. The summed E-state index contributed by atoms with van der Waals surface area (Å²) in [5.74, 6) is -0.983. The summed E-state index contributed by atoms with van der Waals surface area (Å²) in [4.78, 5) is 13.5. The van der Waals surface area contributed by atoms with E-state index >= 15 is 0 Å². The number of aryl methyl sites for hydroxylation is 1. The third-order valence-corrected chi connectivity index (χ3v) is 2.79. The summed E-state index contributed by atoms with van der Waals surface area (Å²) in [6.45, 7) is 0. The van der Waals surface area contributed by atoms with Crippen LogP contribution >= 0.6 is 22.9 Å². The van der Waals surface area contributed by atoms with Gasteiger partial charge in [-0.2, -0.15) is 13.2 Å². The normalized spacial score (nSPS) is 11.7. The van der Waals surface area contributed by atoms with Crippen LogP contribution in [0, 0.1) is 0 Å². The molecule has 2 N–H and O–H groups in total. The monoisotopic (exact) mass is 258 g/mol. The van der Waals surface area contributed by atoms with Crippen LogP contribution in [0.3, 0.4) is 0 Å². The SMILES string of the molecule is NC(=O)c1sc(CCCl)nc1C(F)(F)F. The Morgan fingerprint density at radius 1 is 1.53 bits per heavy atom. The minimum atomic E-state index is -4.66. The number of nitrogens with zero attached hydrogens (tertiary/aromatic N) is 1. The highest BCUT2D eigenvalue weighted by molar-refractivity contribution is 7.13. The molecule has 0 bridgehead atoms. The number of alkyl halides is 4. The average molecular weight is 259 g/mol. The first kappa shape index (κ1) is 12.3. The van der Waals surface area contributed by atoms with Gasteiger partial charge in [0, 0.05) is 12.3 Å². The molecular weight excluding hydrogens is 253 g/mol. The Labute approximate surface area is 92.1 Å². The molecule has 0 fully saturated rings. The van der Waals surface area contributed by atoms with Crippen LogP contribution in [-0.2, 0) is 12.6 Å². The van der Waals surface area contributed by atoms with Crippen LogP contribution in [0.15, 0.2) is 0 Å². The highest BCUT2D eigenvalue weighted by Crippen LogP contribution is 2.34. The van der Waals surface area contributed by atoms with Crippen LogP contribution in [0.1, 0.15) is 20.4 Å². The lowest BCUT2D eigenvalue weighted by Gasteiger charge is -2.02. The molecule has 1 rings (SSSR count). The van der Waals surface area contributed by atoms with Gasteiger partial charge in [-0.3, -0.25) is 4.79 Å². The Bertz CT molecular complexity index is 377. The molecule has 0 spiro atoms. The van der Waals surface area contributed by atoms with Gasteiger partial charge in [0.2, 0.25) is 0 Å². The number of aromatic nitrogens is 1. The molecular formula is C7H6ClF3N2OS. The number of rotatable bonds is 3. The summed E-state index contributed by atoms with van der Waals surface area (Å²) in [5, 5.41) is 0.158. The summed E-state index contributed by atoms with van der Waals surface area (Å²) in [7, 11) is 0. The highest BCUT2D eigenvalue weighted by atomic mass is 35.5. The third-order valence-electron chi connectivity index (χ3n) is 1.47. The van der Waals surface area contributed by atoms with Crippen LogP contribution in [0.25, 0.3) is 0 Å². The Morgan fingerprint density at radius 3 is 2.47 bits per heavy atom. The van der Waals surface area contributed by atoms with Gasteiger partial charge in [0.25, 0.3) is 5.91 Å². The molecule has 0 atom stereocenters. The number of hydrogen-bond donors (Lipinski definition) is 1. The Morgan fingerprint density at radius 2 is 2.13 bits per heavy atom. The summed E-state index contributed by atoms with van der Waals surface area (Å²) < 4.78 is 37.1. The molecule has 1 amide bonds. The van der Waals surface area contributed by atoms with Gasteiger partial charge in [0.05, 0.1) is 5.01 Å². The van der Waals surface area contributed by atoms with Gasteiger partial charge in [-0.25, -0.2) is 4.98 Å². The highest BCUT2D eigenvalue weighted by Gasteiger charge is 2.38. The maximum Gasteiger partial charge on any atom is 0.435 e. The lowest BCUT2D eigenvalue weighted by Crippen LogP contribution is -2.16. The van der Waals surface area contributed by atoms with Crippen molar-refractivity contribution in [1.29, 1.82) is 0 Å². The lowest BCUT2D eigenvalue weighted by atomic mass is 10.3. The largest absolute Gasteiger partial charge is 0.435 e. The molecule has 0 aliphatic heterocycles. The second-order valence-electron chi connectivity index (χ2n) is 2.59. The number of carbonyl (C=O) groups excluding carboxylic acids is 1. The van der Waals surface area contributed by atoms with Crippen molar-refractivity contribution in [3.05, 3.63) is 15.6 Å². The Hall–Kier alpha value is -0.820. The number of amides is 1. The minimum Gasteiger partial charge on any atom is -0.365 e. The lowest BCUT2D eigenvalue weighted by molar-refractivity contribution is -0.141. The zero-order valence-corrected chi connectivity index (χ0v) is 8.84. The van der Waals surface area contributed by atoms with E-state index in [4.69, 9.17) is 17.3 Å². The molecule has 0 aliphatic carbocycles. The quantitative estimate of drug-likeness (QED) is 0.844. The topological polar surface area (TPSA) is 56.0 Å². The Kier molecular flexibility index (Phi) is 3.56. The molecule has 1 aromatic heterocycles. The van der Waals surface area contributed by atoms with Gasteiger partial charge in [0.15, 0.2) is 5.69 Å². The number of hydrogen-bond acceptors (Lipinski definition) is 3. The van der Waals surface area contributed by atoms with Crippen molar-refractivity contribution in [3.8, 4) is 0 Å². The molecule has 0 saturated heterocycles. The number of nitrogens with two attached hydrogens (primary N) is 1. The first-order chi connectivity index (χ1) is 6.86. The van der Waals surface area contributed by atoms with E-state index in [0.717, 1.165) is 0 Å². The van der Waals surface area contributed by atoms with Gasteiger partial charge in [-0.1, -0.05) is 0 Å². The standard InChI is InChI=1S/C7H6ClF3N2OS/c8-2-1-3-13-5(7(9,10)11)4(15-3)6(12)14/h1-2H2,(H2,12,14). The molecule has 0 saturated carbocycles. The number of halogens is 4. The van der Waals surface area contributed by atoms with Crippen molar-refractivity contribution < 1.29 is 18.0 Å².